The number of rotatable bonds is 2. The van der Waals surface area contributed by atoms with Crippen molar-refractivity contribution < 1.29 is 14.3 Å². The van der Waals surface area contributed by atoms with E-state index >= 15 is 0 Å². The Balaban J connectivity index is 2.63. The minimum absolute atomic E-state index is 0.381. The Morgan fingerprint density at radius 3 is 3.00 bits per heavy atom. The summed E-state index contributed by atoms with van der Waals surface area (Å²) in [7, 11) is 0. The van der Waals surface area contributed by atoms with Gasteiger partial charge in [-0.2, -0.15) is 5.26 Å². The molecular weight excluding hydrogens is 208 g/mol. The number of benzene rings is 1. The van der Waals surface area contributed by atoms with Crippen molar-refractivity contribution in [3.63, 3.8) is 0 Å². The maximum Gasteiger partial charge on any atom is 0.328 e. The number of aromatic nitrogens is 1. The monoisotopic (exact) mass is 216 g/mol. The largest absolute Gasteiger partial charge is 0.480 e. The summed E-state index contributed by atoms with van der Waals surface area (Å²) in [5, 5.41) is 18.0. The molecule has 0 spiro atoms. The SMILES string of the molecule is CC(C#N)(C(=O)O)c1ccc2ncoc2c1. The molecule has 2 rings (SSSR count). The first-order valence-electron chi connectivity index (χ1n) is 4.56. The Labute approximate surface area is 90.9 Å². The number of aliphatic carboxylic acids is 1. The first-order chi connectivity index (χ1) is 7.58. The molecule has 1 aromatic carbocycles. The molecule has 2 aromatic rings. The molecule has 0 saturated carbocycles. The first kappa shape index (κ1) is 10.2. The van der Waals surface area contributed by atoms with Crippen molar-refractivity contribution in [2.75, 3.05) is 0 Å². The number of carbonyl (C=O) groups is 1. The molecule has 0 aliphatic carbocycles. The van der Waals surface area contributed by atoms with Gasteiger partial charge in [0, 0.05) is 0 Å². The smallest absolute Gasteiger partial charge is 0.328 e. The third-order valence-electron chi connectivity index (χ3n) is 2.56. The van der Waals surface area contributed by atoms with Gasteiger partial charge in [-0.3, -0.25) is 4.79 Å². The van der Waals surface area contributed by atoms with E-state index in [-0.39, 0.29) is 0 Å². The second-order valence-electron chi connectivity index (χ2n) is 3.58. The van der Waals surface area contributed by atoms with Crippen LogP contribution in [-0.2, 0) is 10.2 Å². The lowest BCUT2D eigenvalue weighted by molar-refractivity contribution is -0.140. The van der Waals surface area contributed by atoms with Gasteiger partial charge < -0.3 is 9.52 Å². The summed E-state index contributed by atoms with van der Waals surface area (Å²) < 4.78 is 5.06. The highest BCUT2D eigenvalue weighted by atomic mass is 16.4. The maximum absolute atomic E-state index is 11.1. The third-order valence-corrected chi connectivity index (χ3v) is 2.56. The Hall–Kier alpha value is -2.35. The third kappa shape index (κ3) is 1.32. The molecule has 0 aliphatic heterocycles. The van der Waals surface area contributed by atoms with Crippen molar-refractivity contribution in [2.24, 2.45) is 0 Å². The molecule has 5 nitrogen and oxygen atoms in total. The van der Waals surface area contributed by atoms with Crippen LogP contribution in [0.1, 0.15) is 12.5 Å². The number of carboxylic acid groups (broad SMARTS) is 1. The van der Waals surface area contributed by atoms with Gasteiger partial charge in [0.1, 0.15) is 5.52 Å². The Bertz CT molecular complexity index is 597. The van der Waals surface area contributed by atoms with Crippen molar-refractivity contribution in [1.29, 1.82) is 5.26 Å². The zero-order chi connectivity index (χ0) is 11.8. The van der Waals surface area contributed by atoms with Gasteiger partial charge >= 0.3 is 5.97 Å². The molecule has 0 radical (unpaired) electrons. The van der Waals surface area contributed by atoms with Crippen LogP contribution in [0.4, 0.5) is 0 Å². The second-order valence-corrected chi connectivity index (χ2v) is 3.58. The van der Waals surface area contributed by atoms with Gasteiger partial charge in [-0.15, -0.1) is 0 Å². The molecular formula is C11H8N2O3. The number of nitriles is 1. The molecule has 0 fully saturated rings. The van der Waals surface area contributed by atoms with E-state index in [2.05, 4.69) is 4.98 Å². The highest BCUT2D eigenvalue weighted by Crippen LogP contribution is 2.26. The van der Waals surface area contributed by atoms with Crippen molar-refractivity contribution >= 4 is 17.1 Å². The van der Waals surface area contributed by atoms with Crippen molar-refractivity contribution in [1.82, 2.24) is 4.98 Å². The molecule has 0 amide bonds. The van der Waals surface area contributed by atoms with Crippen LogP contribution < -0.4 is 0 Å². The van der Waals surface area contributed by atoms with E-state index in [1.54, 1.807) is 18.2 Å². The number of oxazole rings is 1. The van der Waals surface area contributed by atoms with Crippen molar-refractivity contribution in [3.8, 4) is 6.07 Å². The summed E-state index contributed by atoms with van der Waals surface area (Å²) in [4.78, 5) is 15.0. The number of carboxylic acids is 1. The summed E-state index contributed by atoms with van der Waals surface area (Å²) in [5.41, 5.74) is -0.0811. The van der Waals surface area contributed by atoms with Crippen LogP contribution in [0.2, 0.25) is 0 Å². The van der Waals surface area contributed by atoms with E-state index in [0.717, 1.165) is 0 Å². The molecule has 0 bridgehead atoms. The Kier molecular flexibility index (Phi) is 2.13. The van der Waals surface area contributed by atoms with Crippen LogP contribution in [-0.4, -0.2) is 16.1 Å². The molecule has 1 unspecified atom stereocenters. The molecule has 1 aromatic heterocycles. The van der Waals surface area contributed by atoms with Crippen LogP contribution in [0.3, 0.4) is 0 Å². The van der Waals surface area contributed by atoms with E-state index in [1.165, 1.54) is 19.4 Å². The van der Waals surface area contributed by atoms with Gasteiger partial charge in [-0.1, -0.05) is 6.07 Å². The Morgan fingerprint density at radius 1 is 1.62 bits per heavy atom. The fourth-order valence-corrected chi connectivity index (χ4v) is 1.40. The standard InChI is InChI=1S/C11H8N2O3/c1-11(5-12,10(14)15)7-2-3-8-9(4-7)16-6-13-8/h2-4,6H,1H3,(H,14,15). The van der Waals surface area contributed by atoms with Gasteiger partial charge in [0.2, 0.25) is 0 Å². The predicted molar refractivity (Wildman–Crippen MR) is 54.6 cm³/mol. The molecule has 1 N–H and O–H groups in total. The second kappa shape index (κ2) is 3.35. The molecule has 5 heteroatoms. The summed E-state index contributed by atoms with van der Waals surface area (Å²) in [6, 6.07) is 6.52. The zero-order valence-electron chi connectivity index (χ0n) is 8.47. The number of nitrogens with zero attached hydrogens (tertiary/aromatic N) is 2. The molecule has 1 heterocycles. The van der Waals surface area contributed by atoms with E-state index < -0.39 is 11.4 Å². The molecule has 0 saturated heterocycles. The van der Waals surface area contributed by atoms with Crippen molar-refractivity contribution in [2.45, 2.75) is 12.3 Å². The lowest BCUT2D eigenvalue weighted by Crippen LogP contribution is -2.30. The summed E-state index contributed by atoms with van der Waals surface area (Å²) >= 11 is 0. The van der Waals surface area contributed by atoms with E-state index in [9.17, 15) is 4.79 Å². The lowest BCUT2D eigenvalue weighted by Gasteiger charge is -2.15. The average Bonchev–Trinajstić information content (AvgIpc) is 2.74. The molecule has 16 heavy (non-hydrogen) atoms. The van der Waals surface area contributed by atoms with Crippen LogP contribution in [0.25, 0.3) is 11.1 Å². The minimum atomic E-state index is -1.57. The summed E-state index contributed by atoms with van der Waals surface area (Å²) in [6.45, 7) is 1.35. The van der Waals surface area contributed by atoms with E-state index in [0.29, 0.717) is 16.7 Å². The highest BCUT2D eigenvalue weighted by molar-refractivity contribution is 5.86. The van der Waals surface area contributed by atoms with Gasteiger partial charge in [0.05, 0.1) is 6.07 Å². The minimum Gasteiger partial charge on any atom is -0.480 e. The average molecular weight is 216 g/mol. The number of hydrogen-bond acceptors (Lipinski definition) is 4. The van der Waals surface area contributed by atoms with Gasteiger partial charge in [0.25, 0.3) is 0 Å². The van der Waals surface area contributed by atoms with Gasteiger partial charge in [-0.25, -0.2) is 4.98 Å². The normalized spacial score (nSPS) is 14.2. The molecule has 0 aliphatic rings. The summed E-state index contributed by atoms with van der Waals surface area (Å²) in [6.07, 6.45) is 1.28. The Morgan fingerprint density at radius 2 is 2.38 bits per heavy atom. The number of hydrogen-bond donors (Lipinski definition) is 1. The van der Waals surface area contributed by atoms with Crippen LogP contribution >= 0.6 is 0 Å². The fraction of sp³-hybridized carbons (Fsp3) is 0.182. The topological polar surface area (TPSA) is 87.1 Å². The number of fused-ring (bicyclic) bond motifs is 1. The summed E-state index contributed by atoms with van der Waals surface area (Å²) in [5.74, 6) is -1.19. The van der Waals surface area contributed by atoms with Crippen LogP contribution in [0, 0.1) is 11.3 Å². The predicted octanol–water partition coefficient (Wildman–Crippen LogP) is 1.69. The van der Waals surface area contributed by atoms with Gasteiger partial charge in [-0.05, 0) is 24.6 Å². The van der Waals surface area contributed by atoms with Crippen LogP contribution in [0.15, 0.2) is 29.0 Å². The molecule has 80 valence electrons. The van der Waals surface area contributed by atoms with Crippen molar-refractivity contribution in [3.05, 3.63) is 30.2 Å². The van der Waals surface area contributed by atoms with E-state index in [1.807, 2.05) is 0 Å². The highest BCUT2D eigenvalue weighted by Gasteiger charge is 2.35. The molecule has 1 atom stereocenters. The fourth-order valence-electron chi connectivity index (χ4n) is 1.40. The zero-order valence-corrected chi connectivity index (χ0v) is 8.47. The van der Waals surface area contributed by atoms with Gasteiger partial charge in [0.15, 0.2) is 17.4 Å². The van der Waals surface area contributed by atoms with E-state index in [4.69, 9.17) is 14.8 Å². The first-order valence-corrected chi connectivity index (χ1v) is 4.56. The maximum atomic E-state index is 11.1. The lowest BCUT2D eigenvalue weighted by atomic mass is 9.84. The van der Waals surface area contributed by atoms with Crippen LogP contribution in [0.5, 0.6) is 0 Å². The quantitative estimate of drug-likeness (QED) is 0.825.